The minimum absolute atomic E-state index is 0.459. The molecule has 2 saturated carbocycles. The molecule has 0 saturated heterocycles. The smallest absolute Gasteiger partial charge is 0.292 e. The second-order valence-electron chi connectivity index (χ2n) is 8.26. The van der Waals surface area contributed by atoms with Gasteiger partial charge in [0.25, 0.3) is 11.7 Å². The van der Waals surface area contributed by atoms with E-state index >= 15 is 0 Å². The zero-order valence-electron chi connectivity index (χ0n) is 15.8. The number of H-pyrrole nitrogens is 1. The summed E-state index contributed by atoms with van der Waals surface area (Å²) in [4.78, 5) is 29.2. The Morgan fingerprint density at radius 2 is 1.75 bits per heavy atom. The first-order valence-corrected chi connectivity index (χ1v) is 10.2. The van der Waals surface area contributed by atoms with Crippen LogP contribution in [-0.2, 0) is 4.79 Å². The van der Waals surface area contributed by atoms with E-state index in [0.717, 1.165) is 28.3 Å². The topological polar surface area (TPSA) is 62.0 Å². The molecule has 2 N–H and O–H groups in total. The van der Waals surface area contributed by atoms with Gasteiger partial charge in [-0.1, -0.05) is 55.0 Å². The number of nitrogens with one attached hydrogen (secondary N) is 2. The predicted octanol–water partition coefficient (Wildman–Crippen LogP) is 4.57. The summed E-state index contributed by atoms with van der Waals surface area (Å²) >= 11 is 0. The van der Waals surface area contributed by atoms with Crippen LogP contribution in [0.25, 0.3) is 22.2 Å². The van der Waals surface area contributed by atoms with Crippen LogP contribution in [0.5, 0.6) is 0 Å². The number of benzene rings is 2. The van der Waals surface area contributed by atoms with Gasteiger partial charge in [-0.25, -0.2) is 0 Å². The Morgan fingerprint density at radius 1 is 0.964 bits per heavy atom. The van der Waals surface area contributed by atoms with Crippen molar-refractivity contribution < 1.29 is 9.59 Å². The maximum absolute atomic E-state index is 13.1. The summed E-state index contributed by atoms with van der Waals surface area (Å²) < 4.78 is 0. The van der Waals surface area contributed by atoms with Crippen LogP contribution in [0.2, 0.25) is 0 Å². The van der Waals surface area contributed by atoms with E-state index in [0.29, 0.717) is 23.7 Å². The molecule has 1 aromatic heterocycles. The van der Waals surface area contributed by atoms with Gasteiger partial charge in [-0.05, 0) is 48.6 Å². The third kappa shape index (κ3) is 2.93. The lowest BCUT2D eigenvalue weighted by atomic mass is 9.89. The highest BCUT2D eigenvalue weighted by atomic mass is 16.2. The number of hydrogen-bond acceptors (Lipinski definition) is 2. The molecule has 3 aromatic rings. The Kier molecular flexibility index (Phi) is 4.27. The number of Topliss-reactive ketones (excluding diaryl/α,β-unsaturated/α-hetero) is 1. The first-order chi connectivity index (χ1) is 13.7. The molecule has 0 radical (unpaired) electrons. The molecular formula is C24H24N2O2. The number of carbonyl (C=O) groups excluding carboxylic acids is 2. The van der Waals surface area contributed by atoms with Crippen molar-refractivity contribution in [3.8, 4) is 11.3 Å². The molecule has 1 amide bonds. The molecule has 28 heavy (non-hydrogen) atoms. The van der Waals surface area contributed by atoms with E-state index in [4.69, 9.17) is 0 Å². The lowest BCUT2D eigenvalue weighted by molar-refractivity contribution is -0.117. The van der Waals surface area contributed by atoms with Crippen LogP contribution in [0.4, 0.5) is 0 Å². The van der Waals surface area contributed by atoms with Gasteiger partial charge in [0.1, 0.15) is 0 Å². The molecule has 0 spiro atoms. The van der Waals surface area contributed by atoms with E-state index in [1.807, 2.05) is 54.6 Å². The molecule has 2 aromatic carbocycles. The van der Waals surface area contributed by atoms with Gasteiger partial charge in [0.05, 0.1) is 11.3 Å². The normalized spacial score (nSPS) is 23.2. The van der Waals surface area contributed by atoms with Crippen LogP contribution in [0, 0.1) is 17.8 Å². The molecule has 2 aliphatic rings. The Labute approximate surface area is 164 Å². The lowest BCUT2D eigenvalue weighted by Gasteiger charge is -2.21. The lowest BCUT2D eigenvalue weighted by Crippen LogP contribution is -2.36. The summed E-state index contributed by atoms with van der Waals surface area (Å²) in [6, 6.07) is 17.4. The minimum atomic E-state index is -0.496. The summed E-state index contributed by atoms with van der Waals surface area (Å²) in [5.41, 5.74) is 2.95. The summed E-state index contributed by atoms with van der Waals surface area (Å²) in [5, 5.41) is 3.73. The first-order valence-electron chi connectivity index (χ1n) is 10.2. The Balaban J connectivity index is 1.42. The second-order valence-corrected chi connectivity index (χ2v) is 8.26. The maximum atomic E-state index is 13.1. The van der Waals surface area contributed by atoms with Crippen LogP contribution >= 0.6 is 0 Å². The second kappa shape index (κ2) is 6.93. The number of carbonyl (C=O) groups is 2. The molecule has 2 aliphatic carbocycles. The molecule has 4 nitrogen and oxygen atoms in total. The third-order valence-corrected chi connectivity index (χ3v) is 6.61. The van der Waals surface area contributed by atoms with Crippen LogP contribution < -0.4 is 5.32 Å². The average molecular weight is 372 g/mol. The fourth-order valence-electron chi connectivity index (χ4n) is 5.24. The van der Waals surface area contributed by atoms with Crippen molar-refractivity contribution in [2.24, 2.45) is 17.8 Å². The number of fused-ring (bicyclic) bond motifs is 3. The number of amides is 1. The fourth-order valence-corrected chi connectivity index (χ4v) is 5.24. The van der Waals surface area contributed by atoms with Crippen LogP contribution in [-0.4, -0.2) is 23.2 Å². The van der Waals surface area contributed by atoms with Gasteiger partial charge < -0.3 is 10.3 Å². The van der Waals surface area contributed by atoms with Crippen LogP contribution in [0.1, 0.15) is 36.0 Å². The number of aromatic amines is 1. The Morgan fingerprint density at radius 3 is 2.50 bits per heavy atom. The standard InChI is InChI=1S/C24H24N2O2/c27-23(24(28)25-14-18-13-15-10-11-17(18)12-15)21-19-8-4-5-9-20(19)26-22(21)16-6-2-1-3-7-16/h1-9,15,17-18,26H,10-14H2,(H,25,28)/t15-,17-,18-/m1/s1. The van der Waals surface area contributed by atoms with Crippen LogP contribution in [0.15, 0.2) is 54.6 Å². The summed E-state index contributed by atoms with van der Waals surface area (Å²) in [5.74, 6) is 1.14. The predicted molar refractivity (Wildman–Crippen MR) is 110 cm³/mol. The molecular weight excluding hydrogens is 348 g/mol. The molecule has 4 heteroatoms. The highest BCUT2D eigenvalue weighted by Crippen LogP contribution is 2.47. The van der Waals surface area contributed by atoms with Gasteiger partial charge in [0.15, 0.2) is 0 Å². The summed E-state index contributed by atoms with van der Waals surface area (Å²) in [7, 11) is 0. The van der Waals surface area contributed by atoms with E-state index in [1.54, 1.807) is 0 Å². The van der Waals surface area contributed by atoms with Gasteiger partial charge in [0, 0.05) is 17.4 Å². The zero-order chi connectivity index (χ0) is 19.1. The molecule has 0 unspecified atom stereocenters. The largest absolute Gasteiger partial charge is 0.354 e. The van der Waals surface area contributed by atoms with Crippen molar-refractivity contribution in [2.75, 3.05) is 6.54 Å². The van der Waals surface area contributed by atoms with Gasteiger partial charge in [0.2, 0.25) is 0 Å². The van der Waals surface area contributed by atoms with E-state index in [2.05, 4.69) is 10.3 Å². The first kappa shape index (κ1) is 17.2. The number of para-hydroxylation sites is 1. The van der Waals surface area contributed by atoms with Gasteiger partial charge in [-0.3, -0.25) is 9.59 Å². The van der Waals surface area contributed by atoms with Crippen molar-refractivity contribution >= 4 is 22.6 Å². The summed E-state index contributed by atoms with van der Waals surface area (Å²) in [6.07, 6.45) is 5.11. The highest BCUT2D eigenvalue weighted by molar-refractivity contribution is 6.46. The molecule has 2 bridgehead atoms. The molecule has 142 valence electrons. The third-order valence-electron chi connectivity index (χ3n) is 6.61. The van der Waals surface area contributed by atoms with E-state index in [9.17, 15) is 9.59 Å². The van der Waals surface area contributed by atoms with Crippen molar-refractivity contribution in [1.82, 2.24) is 10.3 Å². The summed E-state index contributed by atoms with van der Waals surface area (Å²) in [6.45, 7) is 0.620. The van der Waals surface area contributed by atoms with Crippen molar-refractivity contribution in [3.05, 3.63) is 60.2 Å². The molecule has 0 aliphatic heterocycles. The number of aromatic nitrogens is 1. The highest BCUT2D eigenvalue weighted by Gasteiger charge is 2.39. The fraction of sp³-hybridized carbons (Fsp3) is 0.333. The van der Waals surface area contributed by atoms with Crippen molar-refractivity contribution in [3.63, 3.8) is 0 Å². The minimum Gasteiger partial charge on any atom is -0.354 e. The molecule has 2 fully saturated rings. The molecule has 5 rings (SSSR count). The average Bonchev–Trinajstić information content (AvgIpc) is 3.45. The van der Waals surface area contributed by atoms with Gasteiger partial charge in [-0.2, -0.15) is 0 Å². The van der Waals surface area contributed by atoms with Gasteiger partial charge in [-0.15, -0.1) is 0 Å². The molecule has 3 atom stereocenters. The van der Waals surface area contributed by atoms with Crippen LogP contribution in [0.3, 0.4) is 0 Å². The van der Waals surface area contributed by atoms with E-state index in [1.165, 1.54) is 25.7 Å². The van der Waals surface area contributed by atoms with E-state index < -0.39 is 11.7 Å². The Bertz CT molecular complexity index is 1040. The molecule has 1 heterocycles. The number of hydrogen-bond donors (Lipinski definition) is 2. The monoisotopic (exact) mass is 372 g/mol. The quantitative estimate of drug-likeness (QED) is 0.509. The van der Waals surface area contributed by atoms with Gasteiger partial charge >= 0.3 is 0 Å². The SMILES string of the molecule is O=C(NC[C@H]1C[C@@H]2CC[C@@H]1C2)C(=O)c1c(-c2ccccc2)[nH]c2ccccc12. The maximum Gasteiger partial charge on any atom is 0.292 e. The Hall–Kier alpha value is -2.88. The van der Waals surface area contributed by atoms with Crippen molar-refractivity contribution in [1.29, 1.82) is 0 Å². The van der Waals surface area contributed by atoms with Crippen molar-refractivity contribution in [2.45, 2.75) is 25.7 Å². The number of ketones is 1. The van der Waals surface area contributed by atoms with E-state index in [-0.39, 0.29) is 0 Å². The zero-order valence-corrected chi connectivity index (χ0v) is 15.8. The number of rotatable bonds is 5.